The number of hydrogen-bond acceptors (Lipinski definition) is 3. The van der Waals surface area contributed by atoms with Crippen molar-refractivity contribution in [1.29, 1.82) is 5.26 Å². The molecular weight excluding hydrogens is 116 g/mol. The van der Waals surface area contributed by atoms with E-state index in [0.717, 1.165) is 0 Å². The molecule has 2 atom stereocenters. The highest BCUT2D eigenvalue weighted by Crippen LogP contribution is 2.13. The van der Waals surface area contributed by atoms with Gasteiger partial charge in [-0.25, -0.2) is 0 Å². The molecule has 0 aromatic rings. The summed E-state index contributed by atoms with van der Waals surface area (Å²) in [7, 11) is 1.90. The molecule has 0 unspecified atom stereocenters. The minimum atomic E-state index is -0.431. The number of likely N-dealkylation sites (N-methyl/N-ethyl adjacent to an activating group) is 1. The third-order valence-electron chi connectivity index (χ3n) is 1.64. The number of aliphatic hydroxyl groups is 1. The van der Waals surface area contributed by atoms with Crippen LogP contribution in [0, 0.1) is 17.2 Å². The summed E-state index contributed by atoms with van der Waals surface area (Å²) in [6, 6.07) is 2.05. The van der Waals surface area contributed by atoms with E-state index in [-0.39, 0.29) is 5.92 Å². The SMILES string of the molecule is CN1C[C@@H](O)[C@@H](C#N)C1. The van der Waals surface area contributed by atoms with Crippen LogP contribution in [0.4, 0.5) is 0 Å². The molecule has 3 heteroatoms. The van der Waals surface area contributed by atoms with Crippen molar-refractivity contribution in [3.63, 3.8) is 0 Å². The third-order valence-corrected chi connectivity index (χ3v) is 1.64. The Morgan fingerprint density at radius 1 is 1.67 bits per heavy atom. The Labute approximate surface area is 54.5 Å². The number of β-amino-alcohol motifs (C(OH)–C–C–N with tert-alkyl or cyclic N) is 1. The molecule has 0 bridgehead atoms. The second kappa shape index (κ2) is 2.34. The van der Waals surface area contributed by atoms with Crippen LogP contribution >= 0.6 is 0 Å². The summed E-state index contributed by atoms with van der Waals surface area (Å²) in [4.78, 5) is 1.96. The monoisotopic (exact) mass is 126 g/mol. The van der Waals surface area contributed by atoms with Crippen LogP contribution in [0.5, 0.6) is 0 Å². The van der Waals surface area contributed by atoms with Crippen molar-refractivity contribution in [2.75, 3.05) is 20.1 Å². The zero-order chi connectivity index (χ0) is 6.85. The molecule has 1 N–H and O–H groups in total. The van der Waals surface area contributed by atoms with Crippen LogP contribution in [-0.2, 0) is 0 Å². The van der Waals surface area contributed by atoms with Crippen molar-refractivity contribution in [3.05, 3.63) is 0 Å². The lowest BCUT2D eigenvalue weighted by atomic mass is 10.1. The zero-order valence-corrected chi connectivity index (χ0v) is 5.41. The zero-order valence-electron chi connectivity index (χ0n) is 5.41. The molecule has 50 valence electrons. The van der Waals surface area contributed by atoms with Crippen LogP contribution in [0.15, 0.2) is 0 Å². The number of hydrogen-bond donors (Lipinski definition) is 1. The summed E-state index contributed by atoms with van der Waals surface area (Å²) >= 11 is 0. The Morgan fingerprint density at radius 3 is 2.56 bits per heavy atom. The molecule has 1 heterocycles. The van der Waals surface area contributed by atoms with Crippen molar-refractivity contribution < 1.29 is 5.11 Å². The summed E-state index contributed by atoms with van der Waals surface area (Å²) in [6.07, 6.45) is -0.431. The van der Waals surface area contributed by atoms with Crippen molar-refractivity contribution >= 4 is 0 Å². The van der Waals surface area contributed by atoms with Gasteiger partial charge in [-0.05, 0) is 7.05 Å². The first-order valence-electron chi connectivity index (χ1n) is 3.00. The van der Waals surface area contributed by atoms with E-state index in [2.05, 4.69) is 6.07 Å². The van der Waals surface area contributed by atoms with Gasteiger partial charge in [0.2, 0.25) is 0 Å². The highest BCUT2D eigenvalue weighted by atomic mass is 16.3. The molecule has 0 aromatic heterocycles. The largest absolute Gasteiger partial charge is 0.390 e. The fraction of sp³-hybridized carbons (Fsp3) is 0.833. The first kappa shape index (κ1) is 6.53. The van der Waals surface area contributed by atoms with Gasteiger partial charge in [0.1, 0.15) is 0 Å². The summed E-state index contributed by atoms with van der Waals surface area (Å²) in [5.41, 5.74) is 0. The Bertz CT molecular complexity index is 140. The average molecular weight is 126 g/mol. The van der Waals surface area contributed by atoms with Gasteiger partial charge in [-0.15, -0.1) is 0 Å². The minimum absolute atomic E-state index is 0.171. The number of aliphatic hydroxyl groups excluding tert-OH is 1. The second-order valence-electron chi connectivity index (χ2n) is 2.52. The van der Waals surface area contributed by atoms with Crippen LogP contribution in [-0.4, -0.2) is 36.2 Å². The smallest absolute Gasteiger partial charge is 0.0861 e. The van der Waals surface area contributed by atoms with E-state index in [1.165, 1.54) is 0 Å². The Hall–Kier alpha value is -0.590. The van der Waals surface area contributed by atoms with Crippen LogP contribution in [0.1, 0.15) is 0 Å². The molecule has 0 spiro atoms. The molecule has 1 fully saturated rings. The molecular formula is C6H10N2O. The highest BCUT2D eigenvalue weighted by Gasteiger charge is 2.28. The highest BCUT2D eigenvalue weighted by molar-refractivity contribution is 4.95. The van der Waals surface area contributed by atoms with Gasteiger partial charge < -0.3 is 10.0 Å². The lowest BCUT2D eigenvalue weighted by molar-refractivity contribution is 0.162. The first-order chi connectivity index (χ1) is 4.24. The molecule has 0 saturated carbocycles. The topological polar surface area (TPSA) is 47.3 Å². The van der Waals surface area contributed by atoms with E-state index >= 15 is 0 Å². The van der Waals surface area contributed by atoms with Gasteiger partial charge in [-0.3, -0.25) is 0 Å². The van der Waals surface area contributed by atoms with Gasteiger partial charge in [0.05, 0.1) is 18.1 Å². The Kier molecular flexibility index (Phi) is 1.70. The van der Waals surface area contributed by atoms with Gasteiger partial charge in [-0.1, -0.05) is 0 Å². The van der Waals surface area contributed by atoms with E-state index in [1.54, 1.807) is 0 Å². The van der Waals surface area contributed by atoms with E-state index in [4.69, 9.17) is 10.4 Å². The number of nitriles is 1. The molecule has 9 heavy (non-hydrogen) atoms. The normalized spacial score (nSPS) is 36.6. The van der Waals surface area contributed by atoms with E-state index in [0.29, 0.717) is 13.1 Å². The molecule has 3 nitrogen and oxygen atoms in total. The van der Waals surface area contributed by atoms with Crippen molar-refractivity contribution in [2.45, 2.75) is 6.10 Å². The lowest BCUT2D eigenvalue weighted by Crippen LogP contribution is -2.16. The van der Waals surface area contributed by atoms with E-state index in [9.17, 15) is 0 Å². The molecule has 1 saturated heterocycles. The molecule has 1 aliphatic heterocycles. The van der Waals surface area contributed by atoms with Gasteiger partial charge in [0.15, 0.2) is 0 Å². The number of likely N-dealkylation sites (tertiary alicyclic amines) is 1. The molecule has 0 radical (unpaired) electrons. The number of nitrogens with zero attached hydrogens (tertiary/aromatic N) is 2. The molecule has 0 aliphatic carbocycles. The predicted molar refractivity (Wildman–Crippen MR) is 32.6 cm³/mol. The molecule has 1 aliphatic rings. The van der Waals surface area contributed by atoms with Crippen molar-refractivity contribution in [2.24, 2.45) is 5.92 Å². The average Bonchev–Trinajstić information content (AvgIpc) is 2.10. The maximum Gasteiger partial charge on any atom is 0.0861 e. The Morgan fingerprint density at radius 2 is 2.33 bits per heavy atom. The van der Waals surface area contributed by atoms with Crippen molar-refractivity contribution in [3.8, 4) is 6.07 Å². The van der Waals surface area contributed by atoms with E-state index < -0.39 is 6.10 Å². The fourth-order valence-electron chi connectivity index (χ4n) is 1.11. The van der Waals surface area contributed by atoms with Crippen LogP contribution in [0.3, 0.4) is 0 Å². The maximum atomic E-state index is 9.10. The maximum absolute atomic E-state index is 9.10. The summed E-state index contributed by atoms with van der Waals surface area (Å²) < 4.78 is 0. The third kappa shape index (κ3) is 1.21. The number of rotatable bonds is 0. The second-order valence-corrected chi connectivity index (χ2v) is 2.52. The van der Waals surface area contributed by atoms with Crippen molar-refractivity contribution in [1.82, 2.24) is 4.90 Å². The standard InChI is InChI=1S/C6H10N2O/c1-8-3-5(2-7)6(9)4-8/h5-6,9H,3-4H2,1H3/t5-,6+/m0/s1. The van der Waals surface area contributed by atoms with Gasteiger partial charge in [-0.2, -0.15) is 5.26 Å². The predicted octanol–water partition coefficient (Wildman–Crippen LogP) is -0.568. The quantitative estimate of drug-likeness (QED) is 0.473. The van der Waals surface area contributed by atoms with Gasteiger partial charge >= 0.3 is 0 Å². The van der Waals surface area contributed by atoms with Crippen LogP contribution in [0.2, 0.25) is 0 Å². The molecule has 1 rings (SSSR count). The fourth-order valence-corrected chi connectivity index (χ4v) is 1.11. The summed E-state index contributed by atoms with van der Waals surface area (Å²) in [5.74, 6) is -0.171. The Balaban J connectivity index is 2.50. The lowest BCUT2D eigenvalue weighted by Gasteiger charge is -2.02. The van der Waals surface area contributed by atoms with Crippen LogP contribution in [0.25, 0.3) is 0 Å². The van der Waals surface area contributed by atoms with Crippen LogP contribution < -0.4 is 0 Å². The van der Waals surface area contributed by atoms with E-state index in [1.807, 2.05) is 11.9 Å². The minimum Gasteiger partial charge on any atom is -0.390 e. The molecule has 0 amide bonds. The summed E-state index contributed by atoms with van der Waals surface area (Å²) in [5, 5.41) is 17.5. The molecule has 0 aromatic carbocycles. The van der Waals surface area contributed by atoms with Gasteiger partial charge in [0, 0.05) is 13.1 Å². The summed E-state index contributed by atoms with van der Waals surface area (Å²) in [6.45, 7) is 1.34. The first-order valence-corrected chi connectivity index (χ1v) is 3.00. The van der Waals surface area contributed by atoms with Gasteiger partial charge in [0.25, 0.3) is 0 Å².